The van der Waals surface area contributed by atoms with Gasteiger partial charge in [0.1, 0.15) is 0 Å². The Hall–Kier alpha value is -2.81. The molecule has 0 saturated carbocycles. The van der Waals surface area contributed by atoms with Gasteiger partial charge >= 0.3 is 0 Å². The molecule has 2 aromatic carbocycles. The van der Waals surface area contributed by atoms with Gasteiger partial charge in [-0.2, -0.15) is 0 Å². The molecule has 1 N–H and O–H groups in total. The molecule has 2 heterocycles. The first-order valence-electron chi connectivity index (χ1n) is 6.50. The number of nitrogens with zero attached hydrogens (tertiary/aromatic N) is 1. The number of fused-ring (bicyclic) bond motifs is 2. The predicted octanol–water partition coefficient (Wildman–Crippen LogP) is 4.72. The highest BCUT2D eigenvalue weighted by atomic mass is 16.3. The first-order valence-corrected chi connectivity index (χ1v) is 6.50. The minimum atomic E-state index is 0.655. The number of aromatic nitrogens is 1. The van der Waals surface area contributed by atoms with E-state index in [-0.39, 0.29) is 0 Å². The Morgan fingerprint density at radius 1 is 0.800 bits per heavy atom. The largest absolute Gasteiger partial charge is 0.446 e. The maximum absolute atomic E-state index is 5.45. The van der Waals surface area contributed by atoms with Crippen molar-refractivity contribution in [2.75, 3.05) is 5.32 Å². The maximum Gasteiger partial charge on any atom is 0.228 e. The van der Waals surface area contributed by atoms with Gasteiger partial charge in [0.05, 0.1) is 22.9 Å². The number of anilines is 2. The zero-order valence-electron chi connectivity index (χ0n) is 10.7. The molecule has 0 unspecified atom stereocenters. The van der Waals surface area contributed by atoms with Crippen molar-refractivity contribution in [3.8, 4) is 0 Å². The van der Waals surface area contributed by atoms with E-state index in [9.17, 15) is 0 Å². The van der Waals surface area contributed by atoms with Gasteiger partial charge in [0, 0.05) is 11.1 Å². The molecule has 0 spiro atoms. The number of hydrogen-bond donors (Lipinski definition) is 1. The number of nitrogens with one attached hydrogen (secondary N) is 1. The van der Waals surface area contributed by atoms with Crippen LogP contribution in [0.3, 0.4) is 0 Å². The van der Waals surface area contributed by atoms with E-state index in [0.717, 1.165) is 27.7 Å². The summed E-state index contributed by atoms with van der Waals surface area (Å²) >= 11 is 0. The van der Waals surface area contributed by atoms with Crippen molar-refractivity contribution in [1.82, 2.24) is 4.98 Å². The van der Waals surface area contributed by atoms with Crippen LogP contribution in [0.2, 0.25) is 0 Å². The van der Waals surface area contributed by atoms with Gasteiger partial charge in [0.15, 0.2) is 0 Å². The van der Waals surface area contributed by atoms with E-state index in [4.69, 9.17) is 4.42 Å². The van der Waals surface area contributed by atoms with Gasteiger partial charge in [-0.1, -0.05) is 36.4 Å². The number of para-hydroxylation sites is 2. The lowest BCUT2D eigenvalue weighted by Crippen LogP contribution is -1.93. The third-order valence-corrected chi connectivity index (χ3v) is 3.35. The van der Waals surface area contributed by atoms with Crippen molar-refractivity contribution in [3.05, 3.63) is 66.9 Å². The molecule has 3 nitrogen and oxygen atoms in total. The summed E-state index contributed by atoms with van der Waals surface area (Å²) in [5.41, 5.74) is 3.66. The average molecular weight is 260 g/mol. The Balaban J connectivity index is 2.00. The predicted molar refractivity (Wildman–Crippen MR) is 81.2 cm³/mol. The van der Waals surface area contributed by atoms with Crippen LogP contribution in [-0.2, 0) is 0 Å². The lowest BCUT2D eigenvalue weighted by atomic mass is 10.1. The zero-order valence-corrected chi connectivity index (χ0v) is 10.7. The van der Waals surface area contributed by atoms with Gasteiger partial charge < -0.3 is 9.73 Å². The summed E-state index contributed by atoms with van der Waals surface area (Å²) in [6.07, 6.45) is 1.67. The van der Waals surface area contributed by atoms with Gasteiger partial charge in [0.25, 0.3) is 0 Å². The molecular formula is C17H12N2O. The van der Waals surface area contributed by atoms with E-state index >= 15 is 0 Å². The quantitative estimate of drug-likeness (QED) is 0.566. The first-order chi connectivity index (χ1) is 9.92. The standard InChI is InChI=1S/C17H12N2O/c1-2-6-12(7-3-1)18-16-13-8-4-5-9-15(13)19-17-14(16)10-11-20-17/h1-11H,(H,18,19). The number of pyridine rings is 1. The van der Waals surface area contributed by atoms with Crippen LogP contribution in [0.15, 0.2) is 71.3 Å². The lowest BCUT2D eigenvalue weighted by molar-refractivity contribution is 0.605. The fourth-order valence-electron chi connectivity index (χ4n) is 2.42. The van der Waals surface area contributed by atoms with Gasteiger partial charge in [-0.15, -0.1) is 0 Å². The van der Waals surface area contributed by atoms with Crippen molar-refractivity contribution in [1.29, 1.82) is 0 Å². The molecule has 0 amide bonds. The maximum atomic E-state index is 5.45. The summed E-state index contributed by atoms with van der Waals surface area (Å²) < 4.78 is 5.45. The monoisotopic (exact) mass is 260 g/mol. The molecule has 0 bridgehead atoms. The second-order valence-electron chi connectivity index (χ2n) is 4.63. The van der Waals surface area contributed by atoms with Crippen LogP contribution in [0, 0.1) is 0 Å². The van der Waals surface area contributed by atoms with Crippen LogP contribution < -0.4 is 5.32 Å². The van der Waals surface area contributed by atoms with E-state index in [1.165, 1.54) is 0 Å². The summed E-state index contributed by atoms with van der Waals surface area (Å²) in [4.78, 5) is 4.53. The van der Waals surface area contributed by atoms with E-state index < -0.39 is 0 Å². The molecule has 4 aromatic rings. The molecule has 0 atom stereocenters. The Kier molecular flexibility index (Phi) is 2.42. The molecule has 0 radical (unpaired) electrons. The molecule has 0 aliphatic rings. The minimum absolute atomic E-state index is 0.655. The molecule has 0 saturated heterocycles. The molecule has 0 aliphatic carbocycles. The molecular weight excluding hydrogens is 248 g/mol. The Morgan fingerprint density at radius 2 is 1.60 bits per heavy atom. The third-order valence-electron chi connectivity index (χ3n) is 3.35. The number of rotatable bonds is 2. The number of furan rings is 1. The molecule has 96 valence electrons. The average Bonchev–Trinajstić information content (AvgIpc) is 2.96. The first kappa shape index (κ1) is 11.1. The summed E-state index contributed by atoms with van der Waals surface area (Å²) in [6.45, 7) is 0. The molecule has 3 heteroatoms. The summed E-state index contributed by atoms with van der Waals surface area (Å²) in [5, 5.41) is 5.56. The summed E-state index contributed by atoms with van der Waals surface area (Å²) in [5.74, 6) is 0. The second-order valence-corrected chi connectivity index (χ2v) is 4.63. The molecule has 2 aromatic heterocycles. The van der Waals surface area contributed by atoms with Crippen molar-refractivity contribution in [3.63, 3.8) is 0 Å². The fraction of sp³-hybridized carbons (Fsp3) is 0. The van der Waals surface area contributed by atoms with Crippen LogP contribution in [0.5, 0.6) is 0 Å². The Labute approximate surface area is 115 Å². The van der Waals surface area contributed by atoms with E-state index in [0.29, 0.717) is 5.71 Å². The van der Waals surface area contributed by atoms with Crippen LogP contribution in [0.1, 0.15) is 0 Å². The van der Waals surface area contributed by atoms with Crippen molar-refractivity contribution < 1.29 is 4.42 Å². The van der Waals surface area contributed by atoms with E-state index in [2.05, 4.69) is 16.4 Å². The summed E-state index contributed by atoms with van der Waals surface area (Å²) in [7, 11) is 0. The molecule has 0 aliphatic heterocycles. The van der Waals surface area contributed by atoms with Gasteiger partial charge in [-0.3, -0.25) is 0 Å². The highest BCUT2D eigenvalue weighted by Crippen LogP contribution is 2.33. The van der Waals surface area contributed by atoms with Crippen LogP contribution in [-0.4, -0.2) is 4.98 Å². The smallest absolute Gasteiger partial charge is 0.228 e. The van der Waals surface area contributed by atoms with Gasteiger partial charge in [-0.05, 0) is 24.3 Å². The molecule has 0 fully saturated rings. The third kappa shape index (κ3) is 1.72. The van der Waals surface area contributed by atoms with Crippen LogP contribution in [0.4, 0.5) is 11.4 Å². The lowest BCUT2D eigenvalue weighted by Gasteiger charge is -2.10. The van der Waals surface area contributed by atoms with Crippen molar-refractivity contribution in [2.24, 2.45) is 0 Å². The SMILES string of the molecule is c1ccc(Nc2c3ccccc3nc3occc23)cc1. The minimum Gasteiger partial charge on any atom is -0.446 e. The van der Waals surface area contributed by atoms with Crippen molar-refractivity contribution >= 4 is 33.4 Å². The summed E-state index contributed by atoms with van der Waals surface area (Å²) in [6, 6.07) is 20.1. The van der Waals surface area contributed by atoms with Gasteiger partial charge in [-0.25, -0.2) is 4.98 Å². The molecule has 20 heavy (non-hydrogen) atoms. The highest BCUT2D eigenvalue weighted by molar-refractivity contribution is 6.07. The van der Waals surface area contributed by atoms with Gasteiger partial charge in [0.2, 0.25) is 5.71 Å². The van der Waals surface area contributed by atoms with Crippen molar-refractivity contribution in [2.45, 2.75) is 0 Å². The number of hydrogen-bond acceptors (Lipinski definition) is 3. The van der Waals surface area contributed by atoms with Crippen LogP contribution in [0.25, 0.3) is 22.0 Å². The van der Waals surface area contributed by atoms with Crippen LogP contribution >= 0.6 is 0 Å². The fourth-order valence-corrected chi connectivity index (χ4v) is 2.42. The topological polar surface area (TPSA) is 38.1 Å². The second kappa shape index (κ2) is 4.38. The van der Waals surface area contributed by atoms with E-state index in [1.807, 2.05) is 54.6 Å². The molecule has 4 rings (SSSR count). The highest BCUT2D eigenvalue weighted by Gasteiger charge is 2.10. The normalized spacial score (nSPS) is 11.0. The Bertz CT molecular complexity index is 881. The Morgan fingerprint density at radius 3 is 2.50 bits per heavy atom. The number of benzene rings is 2. The zero-order chi connectivity index (χ0) is 13.4. The van der Waals surface area contributed by atoms with E-state index in [1.54, 1.807) is 6.26 Å².